The van der Waals surface area contributed by atoms with Crippen LogP contribution in [0.15, 0.2) is 53.0 Å². The van der Waals surface area contributed by atoms with Gasteiger partial charge < -0.3 is 15.5 Å². The minimum atomic E-state index is -0.736. The number of hydrogen-bond donors (Lipinski definition) is 2. The Hall–Kier alpha value is -3.31. The Morgan fingerprint density at radius 3 is 2.34 bits per heavy atom. The van der Waals surface area contributed by atoms with Crippen LogP contribution in [-0.4, -0.2) is 71.7 Å². The van der Waals surface area contributed by atoms with Gasteiger partial charge in [0.25, 0.3) is 11.6 Å². The highest BCUT2D eigenvalue weighted by Gasteiger charge is 2.23. The molecule has 11 heteroatoms. The van der Waals surface area contributed by atoms with E-state index in [0.717, 1.165) is 4.47 Å². The third-order valence-electron chi connectivity index (χ3n) is 4.99. The van der Waals surface area contributed by atoms with Crippen molar-refractivity contribution in [3.8, 4) is 0 Å². The number of benzene rings is 2. The molecule has 0 unspecified atom stereocenters. The van der Waals surface area contributed by atoms with Gasteiger partial charge in [-0.3, -0.25) is 29.4 Å². The molecule has 168 valence electrons. The maximum Gasteiger partial charge on any atom is 0.313 e. The molecule has 0 bridgehead atoms. The van der Waals surface area contributed by atoms with E-state index in [-0.39, 0.29) is 17.2 Å². The number of nitro groups is 1. The zero-order valence-electron chi connectivity index (χ0n) is 17.1. The molecule has 1 saturated heterocycles. The largest absolute Gasteiger partial charge is 0.347 e. The molecule has 0 spiro atoms. The first-order chi connectivity index (χ1) is 15.3. The molecule has 0 saturated carbocycles. The number of nitrogens with one attached hydrogen (secondary N) is 2. The van der Waals surface area contributed by atoms with E-state index >= 15 is 0 Å². The van der Waals surface area contributed by atoms with Gasteiger partial charge in [-0.1, -0.05) is 22.0 Å². The fourth-order valence-corrected chi connectivity index (χ4v) is 3.50. The zero-order valence-corrected chi connectivity index (χ0v) is 18.7. The summed E-state index contributed by atoms with van der Waals surface area (Å²) in [7, 11) is 0. The monoisotopic (exact) mass is 503 g/mol. The predicted octanol–water partition coefficient (Wildman–Crippen LogP) is 1.87. The van der Waals surface area contributed by atoms with Crippen LogP contribution in [0.2, 0.25) is 0 Å². The molecule has 1 aliphatic heterocycles. The number of rotatable bonds is 6. The molecule has 0 aromatic heterocycles. The number of carbonyl (C=O) groups excluding carboxylic acids is 3. The maximum atomic E-state index is 12.6. The number of anilines is 1. The Kier molecular flexibility index (Phi) is 7.90. The molecule has 1 fully saturated rings. The van der Waals surface area contributed by atoms with Crippen molar-refractivity contribution in [2.75, 3.05) is 44.6 Å². The van der Waals surface area contributed by atoms with Gasteiger partial charge in [0.2, 0.25) is 0 Å². The Balaban J connectivity index is 1.39. The van der Waals surface area contributed by atoms with Gasteiger partial charge in [0.05, 0.1) is 4.92 Å². The highest BCUT2D eigenvalue weighted by atomic mass is 79.9. The van der Waals surface area contributed by atoms with Gasteiger partial charge >= 0.3 is 11.8 Å². The van der Waals surface area contributed by atoms with Crippen molar-refractivity contribution in [3.63, 3.8) is 0 Å². The van der Waals surface area contributed by atoms with Crippen LogP contribution in [0.25, 0.3) is 0 Å². The van der Waals surface area contributed by atoms with E-state index in [9.17, 15) is 24.5 Å². The maximum absolute atomic E-state index is 12.6. The summed E-state index contributed by atoms with van der Waals surface area (Å²) in [5, 5.41) is 16.0. The van der Waals surface area contributed by atoms with Gasteiger partial charge in [-0.2, -0.15) is 0 Å². The zero-order chi connectivity index (χ0) is 23.1. The SMILES string of the molecule is O=C(NCCN1CCN(C(=O)c2cccc([N+](=O)[O-])c2)CC1)C(=O)Nc1ccc(Br)cc1. The van der Waals surface area contributed by atoms with Crippen molar-refractivity contribution >= 4 is 45.0 Å². The molecule has 0 atom stereocenters. The number of hydrogen-bond acceptors (Lipinski definition) is 6. The summed E-state index contributed by atoms with van der Waals surface area (Å²) in [6, 6.07) is 12.6. The molecule has 0 aliphatic carbocycles. The number of carbonyl (C=O) groups is 3. The highest BCUT2D eigenvalue weighted by Crippen LogP contribution is 2.16. The molecule has 1 heterocycles. The van der Waals surface area contributed by atoms with Gasteiger partial charge in [0.1, 0.15) is 0 Å². The number of nitro benzene ring substituents is 1. The first-order valence-electron chi connectivity index (χ1n) is 9.94. The molecule has 3 amide bonds. The van der Waals surface area contributed by atoms with E-state index in [2.05, 4.69) is 31.5 Å². The van der Waals surface area contributed by atoms with Crippen LogP contribution < -0.4 is 10.6 Å². The summed E-state index contributed by atoms with van der Waals surface area (Å²) >= 11 is 3.30. The Morgan fingerprint density at radius 2 is 1.69 bits per heavy atom. The van der Waals surface area contributed by atoms with Crippen LogP contribution >= 0.6 is 15.9 Å². The second kappa shape index (κ2) is 10.8. The van der Waals surface area contributed by atoms with Gasteiger partial charge in [-0.25, -0.2) is 0 Å². The van der Waals surface area contributed by atoms with E-state index in [1.807, 2.05) is 0 Å². The highest BCUT2D eigenvalue weighted by molar-refractivity contribution is 9.10. The van der Waals surface area contributed by atoms with Crippen LogP contribution in [0.5, 0.6) is 0 Å². The number of non-ortho nitro benzene ring substituents is 1. The van der Waals surface area contributed by atoms with Crippen molar-refractivity contribution in [1.82, 2.24) is 15.1 Å². The predicted molar refractivity (Wildman–Crippen MR) is 121 cm³/mol. The number of piperazine rings is 1. The van der Waals surface area contributed by atoms with Crippen LogP contribution in [-0.2, 0) is 9.59 Å². The first kappa shape index (κ1) is 23.4. The molecule has 2 aromatic rings. The Morgan fingerprint density at radius 1 is 1.00 bits per heavy atom. The minimum Gasteiger partial charge on any atom is -0.347 e. The van der Waals surface area contributed by atoms with Crippen LogP contribution in [0.4, 0.5) is 11.4 Å². The summed E-state index contributed by atoms with van der Waals surface area (Å²) in [6.45, 7) is 2.98. The molecule has 10 nitrogen and oxygen atoms in total. The molecular weight excluding hydrogens is 482 g/mol. The average molecular weight is 504 g/mol. The fourth-order valence-electron chi connectivity index (χ4n) is 3.24. The van der Waals surface area contributed by atoms with Crippen LogP contribution in [0.3, 0.4) is 0 Å². The van der Waals surface area contributed by atoms with Crippen molar-refractivity contribution in [2.24, 2.45) is 0 Å². The molecular formula is C21H22BrN5O5. The lowest BCUT2D eigenvalue weighted by Gasteiger charge is -2.34. The smallest absolute Gasteiger partial charge is 0.313 e. The van der Waals surface area contributed by atoms with Crippen molar-refractivity contribution in [2.45, 2.75) is 0 Å². The van der Waals surface area contributed by atoms with E-state index in [4.69, 9.17) is 0 Å². The second-order valence-electron chi connectivity index (χ2n) is 7.16. The molecule has 2 N–H and O–H groups in total. The molecule has 0 radical (unpaired) electrons. The summed E-state index contributed by atoms with van der Waals surface area (Å²) in [5.74, 6) is -1.70. The van der Waals surface area contributed by atoms with Crippen LogP contribution in [0, 0.1) is 10.1 Å². The van der Waals surface area contributed by atoms with E-state index in [1.165, 1.54) is 18.2 Å². The van der Waals surface area contributed by atoms with Crippen molar-refractivity contribution in [3.05, 3.63) is 68.7 Å². The van der Waals surface area contributed by atoms with E-state index in [0.29, 0.717) is 45.0 Å². The summed E-state index contributed by atoms with van der Waals surface area (Å²) < 4.78 is 0.867. The number of halogens is 1. The summed E-state index contributed by atoms with van der Waals surface area (Å²) in [6.07, 6.45) is 0. The minimum absolute atomic E-state index is 0.116. The van der Waals surface area contributed by atoms with E-state index < -0.39 is 16.7 Å². The molecule has 1 aliphatic rings. The molecule has 32 heavy (non-hydrogen) atoms. The third kappa shape index (κ3) is 6.34. The van der Waals surface area contributed by atoms with Crippen molar-refractivity contribution in [1.29, 1.82) is 0 Å². The van der Waals surface area contributed by atoms with Crippen molar-refractivity contribution < 1.29 is 19.3 Å². The second-order valence-corrected chi connectivity index (χ2v) is 8.07. The lowest BCUT2D eigenvalue weighted by Crippen LogP contribution is -2.50. The van der Waals surface area contributed by atoms with E-state index in [1.54, 1.807) is 35.2 Å². The third-order valence-corrected chi connectivity index (χ3v) is 5.51. The lowest BCUT2D eigenvalue weighted by molar-refractivity contribution is -0.384. The summed E-state index contributed by atoms with van der Waals surface area (Å²) in [5.41, 5.74) is 0.698. The van der Waals surface area contributed by atoms with Crippen LogP contribution in [0.1, 0.15) is 10.4 Å². The average Bonchev–Trinajstić information content (AvgIpc) is 2.80. The Labute approximate surface area is 192 Å². The van der Waals surface area contributed by atoms with Gasteiger partial charge in [0.15, 0.2) is 0 Å². The topological polar surface area (TPSA) is 125 Å². The lowest BCUT2D eigenvalue weighted by atomic mass is 10.1. The first-order valence-corrected chi connectivity index (χ1v) is 10.7. The summed E-state index contributed by atoms with van der Waals surface area (Å²) in [4.78, 5) is 50.7. The number of nitrogens with zero attached hydrogens (tertiary/aromatic N) is 3. The number of amides is 3. The Bertz CT molecular complexity index is 1010. The standard InChI is InChI=1S/C21H22BrN5O5/c22-16-4-6-17(7-5-16)24-20(29)19(28)23-8-9-25-10-12-26(13-11-25)21(30)15-2-1-3-18(14-15)27(31)32/h1-7,14H,8-13H2,(H,23,28)(H,24,29). The molecule has 2 aromatic carbocycles. The fraction of sp³-hybridized carbons (Fsp3) is 0.286. The normalized spacial score (nSPS) is 14.0. The quantitative estimate of drug-likeness (QED) is 0.352. The van der Waals surface area contributed by atoms with Gasteiger partial charge in [-0.15, -0.1) is 0 Å². The van der Waals surface area contributed by atoms with Gasteiger partial charge in [0, 0.05) is 67.1 Å². The molecule has 3 rings (SSSR count). The van der Waals surface area contributed by atoms with Gasteiger partial charge in [-0.05, 0) is 30.3 Å².